The minimum Gasteiger partial charge on any atom is -0.383 e. The molecule has 0 unspecified atom stereocenters. The maximum absolute atomic E-state index is 11.5. The lowest BCUT2D eigenvalue weighted by molar-refractivity contribution is 0.104. The number of aromatic nitrogens is 1. The van der Waals surface area contributed by atoms with Crippen LogP contribution in [0, 0.1) is 0 Å². The van der Waals surface area contributed by atoms with Gasteiger partial charge in [-0.15, -0.1) is 0 Å². The zero-order valence-corrected chi connectivity index (χ0v) is 8.58. The minimum absolute atomic E-state index is 0.167. The van der Waals surface area contributed by atoms with Gasteiger partial charge < -0.3 is 5.73 Å². The third kappa shape index (κ3) is 2.57. The first-order valence-electron chi connectivity index (χ1n) is 4.27. The molecule has 1 aromatic rings. The van der Waals surface area contributed by atoms with Crippen LogP contribution in [0.2, 0.25) is 5.02 Å². The van der Waals surface area contributed by atoms with Gasteiger partial charge in [-0.3, -0.25) is 4.79 Å². The number of allylic oxidation sites excluding steroid dienone is 2. The van der Waals surface area contributed by atoms with Gasteiger partial charge in [-0.1, -0.05) is 24.6 Å². The van der Waals surface area contributed by atoms with E-state index in [0.717, 1.165) is 6.42 Å². The number of pyridine rings is 1. The molecule has 1 rings (SSSR count). The van der Waals surface area contributed by atoms with E-state index in [1.807, 2.05) is 6.92 Å². The number of anilines is 1. The van der Waals surface area contributed by atoms with Gasteiger partial charge in [0.15, 0.2) is 5.78 Å². The maximum atomic E-state index is 11.5. The van der Waals surface area contributed by atoms with Crippen molar-refractivity contribution in [3.05, 3.63) is 35.0 Å². The highest BCUT2D eigenvalue weighted by Crippen LogP contribution is 2.15. The van der Waals surface area contributed by atoms with Crippen LogP contribution in [-0.2, 0) is 0 Å². The number of hydrogen-bond donors (Lipinski definition) is 1. The fourth-order valence-electron chi connectivity index (χ4n) is 0.962. The van der Waals surface area contributed by atoms with Gasteiger partial charge in [0, 0.05) is 6.20 Å². The molecular formula is C10H11ClN2O. The second kappa shape index (κ2) is 4.77. The monoisotopic (exact) mass is 210 g/mol. The van der Waals surface area contributed by atoms with Crippen molar-refractivity contribution in [3.8, 4) is 0 Å². The Kier molecular flexibility index (Phi) is 3.65. The Morgan fingerprint density at radius 1 is 1.71 bits per heavy atom. The number of carbonyl (C=O) groups excluding carboxylic acids is 1. The fourth-order valence-corrected chi connectivity index (χ4v) is 1.12. The van der Waals surface area contributed by atoms with Gasteiger partial charge in [0.25, 0.3) is 0 Å². The highest BCUT2D eigenvalue weighted by atomic mass is 35.5. The Morgan fingerprint density at radius 2 is 2.43 bits per heavy atom. The molecule has 1 aromatic heterocycles. The van der Waals surface area contributed by atoms with E-state index in [2.05, 4.69) is 4.98 Å². The van der Waals surface area contributed by atoms with Crippen LogP contribution in [-0.4, -0.2) is 10.8 Å². The summed E-state index contributed by atoms with van der Waals surface area (Å²) in [5.41, 5.74) is 5.89. The number of nitrogens with zero attached hydrogens (tertiary/aromatic N) is 1. The van der Waals surface area contributed by atoms with Crippen molar-refractivity contribution >= 4 is 23.2 Å². The predicted molar refractivity (Wildman–Crippen MR) is 57.4 cm³/mol. The lowest BCUT2D eigenvalue weighted by Crippen LogP contribution is -2.02. The van der Waals surface area contributed by atoms with Crippen molar-refractivity contribution < 1.29 is 4.79 Å². The summed E-state index contributed by atoms with van der Waals surface area (Å²) < 4.78 is 0. The van der Waals surface area contributed by atoms with Gasteiger partial charge in [-0.25, -0.2) is 4.98 Å². The number of rotatable bonds is 3. The molecule has 3 nitrogen and oxygen atoms in total. The van der Waals surface area contributed by atoms with Crippen LogP contribution in [0.25, 0.3) is 0 Å². The van der Waals surface area contributed by atoms with E-state index in [9.17, 15) is 4.79 Å². The second-order valence-electron chi connectivity index (χ2n) is 2.76. The summed E-state index contributed by atoms with van der Waals surface area (Å²) in [7, 11) is 0. The van der Waals surface area contributed by atoms with Crippen molar-refractivity contribution in [2.45, 2.75) is 13.3 Å². The van der Waals surface area contributed by atoms with E-state index >= 15 is 0 Å². The molecule has 0 fully saturated rings. The molecule has 0 bridgehead atoms. The molecular weight excluding hydrogens is 200 g/mol. The fraction of sp³-hybridized carbons (Fsp3) is 0.200. The Labute approximate surface area is 87.6 Å². The van der Waals surface area contributed by atoms with Crippen molar-refractivity contribution in [2.24, 2.45) is 0 Å². The summed E-state index contributed by atoms with van der Waals surface area (Å²) in [6, 6.07) is 1.52. The van der Waals surface area contributed by atoms with E-state index < -0.39 is 0 Å². The number of ketones is 1. The van der Waals surface area contributed by atoms with Crippen LogP contribution in [0.1, 0.15) is 23.7 Å². The van der Waals surface area contributed by atoms with Crippen LogP contribution in [0.15, 0.2) is 24.4 Å². The first-order chi connectivity index (χ1) is 6.65. The molecule has 0 aromatic carbocycles. The first kappa shape index (κ1) is 10.7. The van der Waals surface area contributed by atoms with Crippen molar-refractivity contribution in [2.75, 3.05) is 5.73 Å². The standard InChI is InChI=1S/C10H11ClN2O/c1-2-3-4-9(14)8-5-7(11)6-13-10(8)12/h3-6H,2H2,1H3,(H2,12,13)/b4-3+. The van der Waals surface area contributed by atoms with Gasteiger partial charge in [0.2, 0.25) is 0 Å². The molecule has 0 atom stereocenters. The van der Waals surface area contributed by atoms with Crippen LogP contribution >= 0.6 is 11.6 Å². The van der Waals surface area contributed by atoms with Crippen LogP contribution < -0.4 is 5.73 Å². The van der Waals surface area contributed by atoms with Gasteiger partial charge in [0.05, 0.1) is 10.6 Å². The highest BCUT2D eigenvalue weighted by molar-refractivity contribution is 6.31. The van der Waals surface area contributed by atoms with Crippen molar-refractivity contribution in [1.82, 2.24) is 4.98 Å². The Balaban J connectivity index is 3.00. The van der Waals surface area contributed by atoms with E-state index in [-0.39, 0.29) is 11.6 Å². The number of carbonyl (C=O) groups is 1. The zero-order valence-electron chi connectivity index (χ0n) is 7.83. The summed E-state index contributed by atoms with van der Waals surface area (Å²) in [6.07, 6.45) is 5.46. The van der Waals surface area contributed by atoms with Crippen LogP contribution in [0.5, 0.6) is 0 Å². The minimum atomic E-state index is -0.167. The summed E-state index contributed by atoms with van der Waals surface area (Å²) in [5.74, 6) is 0.0412. The maximum Gasteiger partial charge on any atom is 0.189 e. The van der Waals surface area contributed by atoms with Gasteiger partial charge in [0.1, 0.15) is 5.82 Å². The number of nitrogen functional groups attached to an aromatic ring is 1. The molecule has 0 aliphatic rings. The third-order valence-corrected chi connectivity index (χ3v) is 1.86. The molecule has 0 amide bonds. The van der Waals surface area contributed by atoms with E-state index in [4.69, 9.17) is 17.3 Å². The summed E-state index contributed by atoms with van der Waals surface area (Å²) in [6.45, 7) is 1.95. The lowest BCUT2D eigenvalue weighted by Gasteiger charge is -2.00. The molecule has 0 spiro atoms. The number of nitrogens with two attached hydrogens (primary N) is 1. The quantitative estimate of drug-likeness (QED) is 0.616. The molecule has 0 saturated heterocycles. The molecule has 0 aliphatic heterocycles. The smallest absolute Gasteiger partial charge is 0.189 e. The Morgan fingerprint density at radius 3 is 3.07 bits per heavy atom. The molecule has 0 aliphatic carbocycles. The van der Waals surface area contributed by atoms with Crippen LogP contribution in [0.4, 0.5) is 5.82 Å². The zero-order chi connectivity index (χ0) is 10.6. The molecule has 0 saturated carbocycles. The third-order valence-electron chi connectivity index (χ3n) is 1.66. The first-order valence-corrected chi connectivity index (χ1v) is 4.64. The van der Waals surface area contributed by atoms with Gasteiger partial charge in [-0.2, -0.15) is 0 Å². The van der Waals surface area contributed by atoms with Crippen LogP contribution in [0.3, 0.4) is 0 Å². The van der Waals surface area contributed by atoms with Crippen molar-refractivity contribution in [1.29, 1.82) is 0 Å². The SMILES string of the molecule is CC/C=C/C(=O)c1cc(Cl)cnc1N. The molecule has 2 N–H and O–H groups in total. The summed E-state index contributed by atoms with van der Waals surface area (Å²) in [5, 5.41) is 0.410. The largest absolute Gasteiger partial charge is 0.383 e. The second-order valence-corrected chi connectivity index (χ2v) is 3.20. The average Bonchev–Trinajstić information content (AvgIpc) is 2.18. The number of halogens is 1. The molecule has 14 heavy (non-hydrogen) atoms. The summed E-state index contributed by atoms with van der Waals surface area (Å²) >= 11 is 5.70. The molecule has 1 heterocycles. The summed E-state index contributed by atoms with van der Waals surface area (Å²) in [4.78, 5) is 15.3. The Hall–Kier alpha value is -1.35. The highest BCUT2D eigenvalue weighted by Gasteiger charge is 2.07. The topological polar surface area (TPSA) is 56.0 Å². The average molecular weight is 211 g/mol. The number of hydrogen-bond acceptors (Lipinski definition) is 3. The molecule has 74 valence electrons. The van der Waals surface area contributed by atoms with Gasteiger partial charge >= 0.3 is 0 Å². The van der Waals surface area contributed by atoms with Crippen molar-refractivity contribution in [3.63, 3.8) is 0 Å². The van der Waals surface area contributed by atoms with Gasteiger partial charge in [-0.05, 0) is 18.6 Å². The predicted octanol–water partition coefficient (Wildman–Crippen LogP) is 2.47. The van der Waals surface area contributed by atoms with E-state index in [1.54, 1.807) is 6.08 Å². The molecule has 4 heteroatoms. The molecule has 0 radical (unpaired) electrons. The van der Waals surface area contributed by atoms with E-state index in [0.29, 0.717) is 10.6 Å². The normalized spacial score (nSPS) is 10.7. The van der Waals surface area contributed by atoms with E-state index in [1.165, 1.54) is 18.3 Å². The Bertz CT molecular complexity index is 374. The lowest BCUT2D eigenvalue weighted by atomic mass is 10.1.